The van der Waals surface area contributed by atoms with Gasteiger partial charge < -0.3 is 15.2 Å². The average molecular weight is 320 g/mol. The van der Waals surface area contributed by atoms with Crippen LogP contribution in [0.5, 0.6) is 0 Å². The Labute approximate surface area is 133 Å². The molecule has 0 spiro atoms. The highest BCUT2D eigenvalue weighted by atomic mass is 16.6. The van der Waals surface area contributed by atoms with E-state index in [-0.39, 0.29) is 23.8 Å². The highest BCUT2D eigenvalue weighted by molar-refractivity contribution is 5.66. The van der Waals surface area contributed by atoms with Gasteiger partial charge in [-0.1, -0.05) is 20.8 Å². The van der Waals surface area contributed by atoms with Gasteiger partial charge in [0.1, 0.15) is 11.9 Å². The van der Waals surface area contributed by atoms with Crippen LogP contribution < -0.4 is 11.4 Å². The molecule has 1 aliphatic rings. The lowest BCUT2D eigenvalue weighted by molar-refractivity contribution is -0.163. The number of nitrogens with two attached hydrogens (primary N) is 1. The maximum Gasteiger partial charge on any atom is 0.352 e. The van der Waals surface area contributed by atoms with Gasteiger partial charge in [-0.15, -0.1) is 0 Å². The number of hydrogen-bond donors (Lipinski definition) is 1. The fourth-order valence-corrected chi connectivity index (χ4v) is 3.03. The molecular weight excluding hydrogens is 300 g/mol. The molecule has 8 nitrogen and oxygen atoms in total. The predicted molar refractivity (Wildman–Crippen MR) is 80.9 cm³/mol. The molecule has 0 unspecified atom stereocenters. The van der Waals surface area contributed by atoms with Crippen LogP contribution in [-0.2, 0) is 20.0 Å². The van der Waals surface area contributed by atoms with E-state index in [9.17, 15) is 14.9 Å². The Morgan fingerprint density at radius 3 is 2.74 bits per heavy atom. The Morgan fingerprint density at radius 1 is 1.61 bits per heavy atom. The second-order valence-corrected chi connectivity index (χ2v) is 6.03. The van der Waals surface area contributed by atoms with Crippen molar-refractivity contribution < 1.29 is 14.3 Å². The van der Waals surface area contributed by atoms with Gasteiger partial charge in [0.05, 0.1) is 6.10 Å². The number of nitriles is 1. The van der Waals surface area contributed by atoms with E-state index in [2.05, 4.69) is 4.98 Å². The first-order chi connectivity index (χ1) is 10.7. The maximum atomic E-state index is 12.2. The lowest BCUT2D eigenvalue weighted by atomic mass is 9.90. The molecule has 124 valence electrons. The van der Waals surface area contributed by atoms with Gasteiger partial charge in [-0.3, -0.25) is 9.36 Å². The van der Waals surface area contributed by atoms with E-state index >= 15 is 0 Å². The van der Waals surface area contributed by atoms with Gasteiger partial charge in [0, 0.05) is 19.0 Å². The van der Waals surface area contributed by atoms with E-state index in [4.69, 9.17) is 15.2 Å². The molecule has 0 bridgehead atoms. The number of carbonyl (C=O) groups is 1. The molecule has 2 rings (SSSR count). The van der Waals surface area contributed by atoms with E-state index in [0.29, 0.717) is 0 Å². The number of carbonyl (C=O) groups excluding carboxylic acids is 1. The standard InChI is InChI=1S/C15H20N4O4/c1-8(2)12-9(3)13(22-10(4)20)15(7-16,23-12)19-6-5-11(17)18-14(19)21/h5-6,8-9,12-13H,1-4H3,(H2,17,18,21)/t9-,12-,13+,15-/m1/s1. The number of hydrogen-bond acceptors (Lipinski definition) is 7. The average Bonchev–Trinajstić information content (AvgIpc) is 2.73. The van der Waals surface area contributed by atoms with E-state index in [1.54, 1.807) is 0 Å². The number of anilines is 1. The number of ether oxygens (including phenoxy) is 2. The second-order valence-electron chi connectivity index (χ2n) is 6.03. The molecule has 1 aromatic heterocycles. The summed E-state index contributed by atoms with van der Waals surface area (Å²) in [6.45, 7) is 6.95. The van der Waals surface area contributed by atoms with Crippen LogP contribution in [0.4, 0.5) is 5.82 Å². The first kappa shape index (κ1) is 17.0. The highest BCUT2D eigenvalue weighted by Gasteiger charge is 2.58. The molecule has 2 heterocycles. The lowest BCUT2D eigenvalue weighted by Gasteiger charge is -2.29. The minimum Gasteiger partial charge on any atom is -0.456 e. The second kappa shape index (κ2) is 6.01. The summed E-state index contributed by atoms with van der Waals surface area (Å²) in [5.74, 6) is -0.723. The van der Waals surface area contributed by atoms with Crippen LogP contribution in [0.3, 0.4) is 0 Å². The molecule has 1 aromatic rings. The maximum absolute atomic E-state index is 12.2. The molecule has 0 amide bonds. The summed E-state index contributed by atoms with van der Waals surface area (Å²) >= 11 is 0. The molecule has 8 heteroatoms. The number of esters is 1. The monoisotopic (exact) mass is 320 g/mol. The Hall–Kier alpha value is -2.40. The van der Waals surface area contributed by atoms with E-state index in [1.165, 1.54) is 19.2 Å². The molecule has 0 saturated carbocycles. The molecule has 1 fully saturated rings. The summed E-state index contributed by atoms with van der Waals surface area (Å²) in [6.07, 6.45) is 0.0452. The van der Waals surface area contributed by atoms with Gasteiger partial charge >= 0.3 is 11.7 Å². The van der Waals surface area contributed by atoms with Gasteiger partial charge in [-0.25, -0.2) is 4.79 Å². The molecule has 1 saturated heterocycles. The number of nitrogen functional groups attached to an aromatic ring is 1. The van der Waals surface area contributed by atoms with Crippen LogP contribution in [-0.4, -0.2) is 27.7 Å². The topological polar surface area (TPSA) is 120 Å². The summed E-state index contributed by atoms with van der Waals surface area (Å²) in [4.78, 5) is 27.3. The molecule has 23 heavy (non-hydrogen) atoms. The minimum absolute atomic E-state index is 0.0369. The largest absolute Gasteiger partial charge is 0.456 e. The van der Waals surface area contributed by atoms with Gasteiger partial charge in [-0.2, -0.15) is 10.2 Å². The zero-order chi connectivity index (χ0) is 17.4. The fraction of sp³-hybridized carbons (Fsp3) is 0.600. The van der Waals surface area contributed by atoms with Crippen LogP contribution >= 0.6 is 0 Å². The van der Waals surface area contributed by atoms with Crippen molar-refractivity contribution in [2.24, 2.45) is 11.8 Å². The molecule has 0 aromatic carbocycles. The van der Waals surface area contributed by atoms with Gasteiger partial charge in [-0.05, 0) is 12.0 Å². The van der Waals surface area contributed by atoms with E-state index in [1.807, 2.05) is 26.8 Å². The van der Waals surface area contributed by atoms with Crippen LogP contribution in [0.1, 0.15) is 27.7 Å². The number of nitrogens with zero attached hydrogens (tertiary/aromatic N) is 3. The molecule has 2 N–H and O–H groups in total. The summed E-state index contributed by atoms with van der Waals surface area (Å²) in [6, 6.07) is 3.40. The third-order valence-electron chi connectivity index (χ3n) is 3.99. The quantitative estimate of drug-likeness (QED) is 0.810. The first-order valence-corrected chi connectivity index (χ1v) is 7.35. The fourth-order valence-electron chi connectivity index (χ4n) is 3.03. The minimum atomic E-state index is -1.77. The Balaban J connectivity index is 2.62. The predicted octanol–water partition coefficient (Wildman–Crippen LogP) is 0.624. The van der Waals surface area contributed by atoms with Crippen molar-refractivity contribution >= 4 is 11.8 Å². The highest BCUT2D eigenvalue weighted by Crippen LogP contribution is 2.42. The molecule has 4 atom stereocenters. The van der Waals surface area contributed by atoms with Crippen molar-refractivity contribution in [1.29, 1.82) is 5.26 Å². The van der Waals surface area contributed by atoms with Crippen molar-refractivity contribution in [2.75, 3.05) is 5.73 Å². The normalized spacial score (nSPS) is 30.2. The Morgan fingerprint density at radius 2 is 2.26 bits per heavy atom. The van der Waals surface area contributed by atoms with E-state index < -0.39 is 23.5 Å². The molecule has 1 aliphatic heterocycles. The van der Waals surface area contributed by atoms with Crippen LogP contribution in [0, 0.1) is 23.2 Å². The summed E-state index contributed by atoms with van der Waals surface area (Å²) in [5.41, 5.74) is 2.99. The lowest BCUT2D eigenvalue weighted by Crippen LogP contribution is -2.50. The van der Waals surface area contributed by atoms with Gasteiger partial charge in [0.25, 0.3) is 5.72 Å². The van der Waals surface area contributed by atoms with Crippen molar-refractivity contribution in [1.82, 2.24) is 9.55 Å². The van der Waals surface area contributed by atoms with Crippen molar-refractivity contribution in [3.8, 4) is 6.07 Å². The zero-order valence-electron chi connectivity index (χ0n) is 13.5. The van der Waals surface area contributed by atoms with E-state index in [0.717, 1.165) is 4.57 Å². The van der Waals surface area contributed by atoms with Crippen LogP contribution in [0.15, 0.2) is 17.1 Å². The van der Waals surface area contributed by atoms with Gasteiger partial charge in [0.15, 0.2) is 6.10 Å². The third kappa shape index (κ3) is 2.80. The smallest absolute Gasteiger partial charge is 0.352 e. The molecular formula is C15H20N4O4. The van der Waals surface area contributed by atoms with Gasteiger partial charge in [0.2, 0.25) is 0 Å². The molecule has 0 radical (unpaired) electrons. The number of aromatic nitrogens is 2. The Kier molecular flexibility index (Phi) is 4.43. The van der Waals surface area contributed by atoms with Crippen molar-refractivity contribution in [3.05, 3.63) is 22.7 Å². The zero-order valence-corrected chi connectivity index (χ0v) is 13.5. The SMILES string of the molecule is CC(=O)O[C@H]1[C@H](C)[C@@H](C(C)C)O[C@@]1(C#N)n1ccc(N)nc1=O. The number of rotatable bonds is 3. The van der Waals surface area contributed by atoms with Crippen LogP contribution in [0.2, 0.25) is 0 Å². The van der Waals surface area contributed by atoms with Crippen LogP contribution in [0.25, 0.3) is 0 Å². The molecule has 0 aliphatic carbocycles. The summed E-state index contributed by atoms with van der Waals surface area (Å²) < 4.78 is 12.3. The van der Waals surface area contributed by atoms with Crippen molar-refractivity contribution in [3.63, 3.8) is 0 Å². The van der Waals surface area contributed by atoms with Crippen molar-refractivity contribution in [2.45, 2.75) is 45.6 Å². The first-order valence-electron chi connectivity index (χ1n) is 7.35. The summed E-state index contributed by atoms with van der Waals surface area (Å²) in [5, 5.41) is 9.78. The summed E-state index contributed by atoms with van der Waals surface area (Å²) in [7, 11) is 0. The third-order valence-corrected chi connectivity index (χ3v) is 3.99. The Bertz CT molecular complexity index is 708.